The van der Waals surface area contributed by atoms with E-state index < -0.39 is 5.91 Å². The number of ether oxygens (including phenoxy) is 1. The van der Waals surface area contributed by atoms with Crippen LogP contribution in [0.25, 0.3) is 21.8 Å². The zero-order valence-electron chi connectivity index (χ0n) is 21.4. The number of nitrogens with zero attached hydrogens (tertiary/aromatic N) is 5. The van der Waals surface area contributed by atoms with Gasteiger partial charge in [-0.15, -0.1) is 11.3 Å². The van der Waals surface area contributed by atoms with Gasteiger partial charge in [-0.05, 0) is 35.0 Å². The number of tetrazole rings is 1. The first-order chi connectivity index (χ1) is 18.6. The van der Waals surface area contributed by atoms with E-state index in [1.807, 2.05) is 11.4 Å². The number of aromatic nitrogens is 6. The Hall–Kier alpha value is -4.19. The summed E-state index contributed by atoms with van der Waals surface area (Å²) in [6.07, 6.45) is 10.7. The van der Waals surface area contributed by atoms with Gasteiger partial charge in [0.15, 0.2) is 0 Å². The molecule has 0 aliphatic rings. The average Bonchev–Trinajstić information content (AvgIpc) is 3.63. The van der Waals surface area contributed by atoms with Gasteiger partial charge in [-0.1, -0.05) is 50.2 Å². The second kappa shape index (κ2) is 13.4. The summed E-state index contributed by atoms with van der Waals surface area (Å²) >= 11 is 1.49. The molecule has 0 radical (unpaired) electrons. The second-order valence-electron chi connectivity index (χ2n) is 8.67. The molecule has 198 valence electrons. The van der Waals surface area contributed by atoms with Crippen LogP contribution in [-0.2, 0) is 4.79 Å². The summed E-state index contributed by atoms with van der Waals surface area (Å²) in [5.41, 5.74) is 3.11. The first kappa shape index (κ1) is 26.9. The molecular weight excluding hydrogens is 504 g/mol. The van der Waals surface area contributed by atoms with Gasteiger partial charge in [0.25, 0.3) is 5.91 Å². The van der Waals surface area contributed by atoms with Crippen LogP contribution in [0.2, 0.25) is 0 Å². The summed E-state index contributed by atoms with van der Waals surface area (Å²) in [6.45, 7) is 2.20. The molecule has 2 amide bonds. The van der Waals surface area contributed by atoms with Crippen LogP contribution >= 0.6 is 11.3 Å². The maximum absolute atomic E-state index is 12.6. The van der Waals surface area contributed by atoms with Gasteiger partial charge < -0.3 is 10.1 Å². The number of nitrogens with one attached hydrogen (secondary N) is 3. The lowest BCUT2D eigenvalue weighted by Crippen LogP contribution is -2.14. The minimum absolute atomic E-state index is 0.0282. The third-order valence-corrected chi connectivity index (χ3v) is 6.80. The van der Waals surface area contributed by atoms with Gasteiger partial charge in [0.05, 0.1) is 47.0 Å². The molecule has 0 saturated carbocycles. The lowest BCUT2D eigenvalue weighted by Gasteiger charge is -2.10. The van der Waals surface area contributed by atoms with E-state index in [1.165, 1.54) is 44.1 Å². The van der Waals surface area contributed by atoms with E-state index in [0.29, 0.717) is 29.1 Å². The third-order valence-electron chi connectivity index (χ3n) is 5.85. The van der Waals surface area contributed by atoms with Crippen LogP contribution in [0, 0.1) is 0 Å². The highest BCUT2D eigenvalue weighted by Crippen LogP contribution is 2.31. The van der Waals surface area contributed by atoms with E-state index in [1.54, 1.807) is 30.6 Å². The molecule has 11 nitrogen and oxygen atoms in total. The normalized spacial score (nSPS) is 10.8. The molecule has 1 aromatic carbocycles. The highest BCUT2D eigenvalue weighted by atomic mass is 32.1. The molecule has 3 aromatic heterocycles. The smallest absolute Gasteiger partial charge is 0.261 e. The molecule has 3 N–H and O–H groups in total. The third kappa shape index (κ3) is 7.19. The fraction of sp³-hybridized carbons (Fsp3) is 0.346. The van der Waals surface area contributed by atoms with Crippen LogP contribution in [0.1, 0.15) is 62.2 Å². The number of aromatic amines is 1. The van der Waals surface area contributed by atoms with Crippen molar-refractivity contribution in [3.63, 3.8) is 0 Å². The molecule has 0 aliphatic heterocycles. The Kier molecular flexibility index (Phi) is 9.46. The van der Waals surface area contributed by atoms with Crippen LogP contribution in [-0.4, -0.2) is 49.5 Å². The predicted molar refractivity (Wildman–Crippen MR) is 146 cm³/mol. The Balaban J connectivity index is 1.40. The Morgan fingerprint density at radius 2 is 1.84 bits per heavy atom. The molecule has 0 atom stereocenters. The number of benzene rings is 1. The summed E-state index contributed by atoms with van der Waals surface area (Å²) in [5.74, 6) is 0.108. The average molecular weight is 535 g/mol. The van der Waals surface area contributed by atoms with Crippen molar-refractivity contribution in [1.29, 1.82) is 0 Å². The van der Waals surface area contributed by atoms with Gasteiger partial charge in [-0.3, -0.25) is 19.9 Å². The van der Waals surface area contributed by atoms with Crippen molar-refractivity contribution in [3.8, 4) is 27.6 Å². The summed E-state index contributed by atoms with van der Waals surface area (Å²) in [7, 11) is 1.49. The van der Waals surface area contributed by atoms with E-state index >= 15 is 0 Å². The Morgan fingerprint density at radius 3 is 2.63 bits per heavy atom. The molecule has 0 unspecified atom stereocenters. The van der Waals surface area contributed by atoms with Crippen molar-refractivity contribution < 1.29 is 14.3 Å². The van der Waals surface area contributed by atoms with Crippen molar-refractivity contribution >= 4 is 34.8 Å². The fourth-order valence-electron chi connectivity index (χ4n) is 3.87. The summed E-state index contributed by atoms with van der Waals surface area (Å²) < 4.78 is 5.45. The maximum Gasteiger partial charge on any atom is 0.261 e. The van der Waals surface area contributed by atoms with E-state index in [0.717, 1.165) is 29.0 Å². The number of hydrogen-bond donors (Lipinski definition) is 3. The fourth-order valence-corrected chi connectivity index (χ4v) is 4.67. The van der Waals surface area contributed by atoms with Gasteiger partial charge in [0, 0.05) is 17.4 Å². The number of hydrogen-bond acceptors (Lipinski definition) is 9. The number of anilines is 2. The van der Waals surface area contributed by atoms with Gasteiger partial charge in [-0.25, -0.2) is 10.1 Å². The highest BCUT2D eigenvalue weighted by Gasteiger charge is 2.16. The maximum atomic E-state index is 12.6. The van der Waals surface area contributed by atoms with Gasteiger partial charge in [0.1, 0.15) is 5.75 Å². The topological polar surface area (TPSA) is 148 Å². The molecule has 4 rings (SSSR count). The lowest BCUT2D eigenvalue weighted by atomic mass is 10.1. The summed E-state index contributed by atoms with van der Waals surface area (Å²) in [5, 5.41) is 20.5. The number of amides is 2. The van der Waals surface area contributed by atoms with E-state index in [-0.39, 0.29) is 11.9 Å². The largest absolute Gasteiger partial charge is 0.496 e. The second-order valence-corrected chi connectivity index (χ2v) is 9.59. The Morgan fingerprint density at radius 1 is 1.03 bits per heavy atom. The van der Waals surface area contributed by atoms with Crippen molar-refractivity contribution in [3.05, 3.63) is 47.6 Å². The van der Waals surface area contributed by atoms with Crippen LogP contribution in [0.3, 0.4) is 0 Å². The van der Waals surface area contributed by atoms with Crippen LogP contribution in [0.15, 0.2) is 42.0 Å². The zero-order chi connectivity index (χ0) is 26.7. The van der Waals surface area contributed by atoms with Crippen molar-refractivity contribution in [2.45, 2.75) is 51.9 Å². The zero-order valence-corrected chi connectivity index (χ0v) is 22.2. The Labute approximate surface area is 224 Å². The number of thiophene rings is 1. The van der Waals surface area contributed by atoms with Crippen LogP contribution < -0.4 is 15.4 Å². The SMILES string of the molecule is CCCCCCCCC(=O)Nc1csc(-c2cncc(-c3ccc(C(=O)Nc4nnn[nH]4)c(OC)c3)n2)c1. The molecule has 0 saturated heterocycles. The molecule has 4 aromatic rings. The standard InChI is InChI=1S/C26H30N8O3S/c1-3-4-5-6-7-8-9-24(35)28-18-13-23(38-16-18)21-15-27-14-20(29-21)17-10-11-19(22(12-17)37-2)25(36)30-26-31-33-34-32-26/h10-16H,3-9H2,1-2H3,(H,28,35)(H2,30,31,32,33,34,36). The molecule has 38 heavy (non-hydrogen) atoms. The minimum atomic E-state index is -0.420. The molecule has 0 aliphatic carbocycles. The van der Waals surface area contributed by atoms with Crippen LogP contribution in [0.5, 0.6) is 5.75 Å². The molecular formula is C26H30N8O3S. The summed E-state index contributed by atoms with van der Waals surface area (Å²) in [6, 6.07) is 7.05. The monoisotopic (exact) mass is 534 g/mol. The lowest BCUT2D eigenvalue weighted by molar-refractivity contribution is -0.116. The molecule has 0 fully saturated rings. The first-order valence-electron chi connectivity index (χ1n) is 12.5. The van der Waals surface area contributed by atoms with Gasteiger partial charge in [-0.2, -0.15) is 0 Å². The van der Waals surface area contributed by atoms with Crippen molar-refractivity contribution in [2.24, 2.45) is 0 Å². The quantitative estimate of drug-likeness (QED) is 0.195. The number of unbranched alkanes of at least 4 members (excludes halogenated alkanes) is 5. The Bertz CT molecular complexity index is 1360. The van der Waals surface area contributed by atoms with E-state index in [2.05, 4.69) is 43.2 Å². The van der Waals surface area contributed by atoms with Gasteiger partial charge >= 0.3 is 0 Å². The number of rotatable bonds is 13. The highest BCUT2D eigenvalue weighted by molar-refractivity contribution is 7.14. The molecule has 3 heterocycles. The summed E-state index contributed by atoms with van der Waals surface area (Å²) in [4.78, 5) is 34.9. The minimum Gasteiger partial charge on any atom is -0.496 e. The molecule has 0 spiro atoms. The van der Waals surface area contributed by atoms with Crippen molar-refractivity contribution in [2.75, 3.05) is 17.7 Å². The predicted octanol–water partition coefficient (Wildman–Crippen LogP) is 5.34. The van der Waals surface area contributed by atoms with Crippen LogP contribution in [0.4, 0.5) is 11.6 Å². The van der Waals surface area contributed by atoms with E-state index in [4.69, 9.17) is 9.72 Å². The van der Waals surface area contributed by atoms with Crippen molar-refractivity contribution in [1.82, 2.24) is 30.6 Å². The first-order valence-corrected chi connectivity index (χ1v) is 13.4. The number of carbonyl (C=O) groups excluding carboxylic acids is 2. The van der Waals surface area contributed by atoms with Gasteiger partial charge in [0.2, 0.25) is 11.9 Å². The number of methoxy groups -OCH3 is 1. The molecule has 0 bridgehead atoms. The number of carbonyl (C=O) groups is 2. The molecule has 12 heteroatoms. The van der Waals surface area contributed by atoms with E-state index in [9.17, 15) is 9.59 Å². The number of H-pyrrole nitrogens is 1.